The summed E-state index contributed by atoms with van der Waals surface area (Å²) in [5, 5.41) is 7.27. The highest BCUT2D eigenvalue weighted by molar-refractivity contribution is 6.01. The Morgan fingerprint density at radius 3 is 2.43 bits per heavy atom. The fourth-order valence-electron chi connectivity index (χ4n) is 4.42. The second kappa shape index (κ2) is 11.3. The topological polar surface area (TPSA) is 103 Å². The van der Waals surface area contributed by atoms with Crippen LogP contribution in [-0.2, 0) is 29.0 Å². The fourth-order valence-corrected chi connectivity index (χ4v) is 4.42. The minimum Gasteiger partial charge on any atom is -0.494 e. The lowest BCUT2D eigenvalue weighted by atomic mass is 9.94. The number of aromatic nitrogens is 2. The molecule has 0 fully saturated rings. The molecule has 2 heterocycles. The second-order valence-electron chi connectivity index (χ2n) is 9.02. The largest absolute Gasteiger partial charge is 0.494 e. The molecule has 1 aliphatic heterocycles. The molecule has 0 saturated carbocycles. The van der Waals surface area contributed by atoms with E-state index in [1.165, 1.54) is 10.7 Å². The molecule has 0 aliphatic carbocycles. The molecule has 2 aromatic carbocycles. The molecule has 1 atom stereocenters. The number of amides is 2. The summed E-state index contributed by atoms with van der Waals surface area (Å²) in [6.45, 7) is 6.89. The molecule has 0 spiro atoms. The average molecular weight is 505 g/mol. The normalized spacial score (nSPS) is 16.7. The van der Waals surface area contributed by atoms with E-state index in [-0.39, 0.29) is 36.4 Å². The highest BCUT2D eigenvalue weighted by Crippen LogP contribution is 2.28. The van der Waals surface area contributed by atoms with Crippen molar-refractivity contribution in [3.8, 4) is 5.75 Å². The van der Waals surface area contributed by atoms with Gasteiger partial charge in [0.1, 0.15) is 17.0 Å². The standard InChI is InChI=1S/C28H32N4O5/c1-4-36-22-13-11-20(12-14-22)15-16-31-25(33)24-17-23(26(34)37-5-2)30-32(24)19-28(31,3)27(35)29-18-21-9-7-6-8-10-21/h6-14,17H,4-5,15-16,18-19H2,1-3H3,(H,29,35)/t28-/m0/s1. The van der Waals surface area contributed by atoms with Crippen LogP contribution in [0.15, 0.2) is 60.7 Å². The number of nitrogens with zero attached hydrogens (tertiary/aromatic N) is 3. The number of benzene rings is 2. The van der Waals surface area contributed by atoms with Crippen molar-refractivity contribution in [3.05, 3.63) is 83.2 Å². The number of fused-ring (bicyclic) bond motifs is 1. The summed E-state index contributed by atoms with van der Waals surface area (Å²) in [6.07, 6.45) is 0.540. The number of nitrogens with one attached hydrogen (secondary N) is 1. The maximum Gasteiger partial charge on any atom is 0.358 e. The first kappa shape index (κ1) is 25.9. The minimum atomic E-state index is -1.22. The molecular formula is C28H32N4O5. The van der Waals surface area contributed by atoms with Crippen LogP contribution in [0.2, 0.25) is 0 Å². The van der Waals surface area contributed by atoms with E-state index in [0.29, 0.717) is 26.1 Å². The molecular weight excluding hydrogens is 472 g/mol. The molecule has 9 heteroatoms. The number of ether oxygens (including phenoxy) is 2. The van der Waals surface area contributed by atoms with Crippen LogP contribution in [0.4, 0.5) is 0 Å². The molecule has 194 valence electrons. The van der Waals surface area contributed by atoms with Gasteiger partial charge in [0, 0.05) is 19.2 Å². The van der Waals surface area contributed by atoms with Crippen molar-refractivity contribution in [1.29, 1.82) is 0 Å². The zero-order valence-electron chi connectivity index (χ0n) is 21.4. The van der Waals surface area contributed by atoms with Gasteiger partial charge in [-0.3, -0.25) is 14.3 Å². The van der Waals surface area contributed by atoms with Crippen LogP contribution in [0.5, 0.6) is 5.75 Å². The van der Waals surface area contributed by atoms with Gasteiger partial charge in [0.2, 0.25) is 5.91 Å². The van der Waals surface area contributed by atoms with Crippen LogP contribution in [-0.4, -0.2) is 57.8 Å². The lowest BCUT2D eigenvalue weighted by Gasteiger charge is -2.43. The SMILES string of the molecule is CCOC(=O)c1cc2n(n1)C[C@@](C)(C(=O)NCc1ccccc1)N(CCc1ccc(OCC)cc1)C2=O. The highest BCUT2D eigenvalue weighted by atomic mass is 16.5. The summed E-state index contributed by atoms with van der Waals surface area (Å²) in [5.74, 6) is -0.484. The molecule has 0 bridgehead atoms. The van der Waals surface area contributed by atoms with Crippen LogP contribution in [0.25, 0.3) is 0 Å². The third kappa shape index (κ3) is 5.66. The van der Waals surface area contributed by atoms with Gasteiger partial charge in [-0.1, -0.05) is 42.5 Å². The summed E-state index contributed by atoms with van der Waals surface area (Å²) in [6, 6.07) is 18.7. The Morgan fingerprint density at radius 1 is 1.03 bits per heavy atom. The van der Waals surface area contributed by atoms with Gasteiger partial charge >= 0.3 is 5.97 Å². The molecule has 9 nitrogen and oxygen atoms in total. The Balaban J connectivity index is 1.59. The lowest BCUT2D eigenvalue weighted by molar-refractivity contribution is -0.133. The lowest BCUT2D eigenvalue weighted by Crippen LogP contribution is -2.64. The molecule has 2 amide bonds. The summed E-state index contributed by atoms with van der Waals surface area (Å²) in [4.78, 5) is 41.1. The Hall–Kier alpha value is -4.14. The van der Waals surface area contributed by atoms with Gasteiger partial charge in [-0.05, 0) is 50.5 Å². The van der Waals surface area contributed by atoms with Crippen molar-refractivity contribution in [1.82, 2.24) is 20.0 Å². The van der Waals surface area contributed by atoms with E-state index in [4.69, 9.17) is 9.47 Å². The van der Waals surface area contributed by atoms with Gasteiger partial charge in [-0.25, -0.2) is 4.79 Å². The maximum absolute atomic E-state index is 13.7. The van der Waals surface area contributed by atoms with Crippen molar-refractivity contribution >= 4 is 17.8 Å². The Labute approximate surface area is 216 Å². The van der Waals surface area contributed by atoms with Crippen molar-refractivity contribution in [3.63, 3.8) is 0 Å². The Kier molecular flexibility index (Phi) is 7.91. The summed E-state index contributed by atoms with van der Waals surface area (Å²) in [5.41, 5.74) is 1.04. The van der Waals surface area contributed by atoms with Crippen molar-refractivity contribution in [2.75, 3.05) is 19.8 Å². The first-order chi connectivity index (χ1) is 17.9. The van der Waals surface area contributed by atoms with E-state index in [0.717, 1.165) is 16.9 Å². The predicted molar refractivity (Wildman–Crippen MR) is 137 cm³/mol. The van der Waals surface area contributed by atoms with E-state index in [1.54, 1.807) is 18.7 Å². The van der Waals surface area contributed by atoms with E-state index in [2.05, 4.69) is 10.4 Å². The number of hydrogen-bond donors (Lipinski definition) is 1. The number of rotatable bonds is 10. The third-order valence-electron chi connectivity index (χ3n) is 6.43. The van der Waals surface area contributed by atoms with Crippen LogP contribution >= 0.6 is 0 Å². The highest BCUT2D eigenvalue weighted by Gasteiger charge is 2.48. The van der Waals surface area contributed by atoms with Crippen molar-refractivity contribution in [2.45, 2.75) is 45.8 Å². The van der Waals surface area contributed by atoms with Gasteiger partial charge < -0.3 is 19.7 Å². The summed E-state index contributed by atoms with van der Waals surface area (Å²) >= 11 is 0. The Bertz CT molecular complexity index is 1260. The molecule has 0 unspecified atom stereocenters. The zero-order valence-corrected chi connectivity index (χ0v) is 21.4. The molecule has 1 N–H and O–H groups in total. The molecule has 1 aromatic heterocycles. The first-order valence-electron chi connectivity index (χ1n) is 12.5. The smallest absolute Gasteiger partial charge is 0.358 e. The molecule has 4 rings (SSSR count). The fraction of sp³-hybridized carbons (Fsp3) is 0.357. The molecule has 0 radical (unpaired) electrons. The second-order valence-corrected chi connectivity index (χ2v) is 9.02. The third-order valence-corrected chi connectivity index (χ3v) is 6.43. The van der Waals surface area contributed by atoms with E-state index >= 15 is 0 Å². The van der Waals surface area contributed by atoms with Gasteiger partial charge in [0.15, 0.2) is 5.69 Å². The van der Waals surface area contributed by atoms with Gasteiger partial charge in [-0.15, -0.1) is 0 Å². The first-order valence-corrected chi connectivity index (χ1v) is 12.5. The van der Waals surface area contributed by atoms with E-state index in [1.807, 2.05) is 61.5 Å². The average Bonchev–Trinajstić information content (AvgIpc) is 3.33. The minimum absolute atomic E-state index is 0.0469. The molecule has 37 heavy (non-hydrogen) atoms. The van der Waals surface area contributed by atoms with Crippen molar-refractivity contribution in [2.24, 2.45) is 0 Å². The number of hydrogen-bond acceptors (Lipinski definition) is 6. The number of esters is 1. The maximum atomic E-state index is 13.7. The van der Waals surface area contributed by atoms with Gasteiger partial charge in [0.25, 0.3) is 5.91 Å². The van der Waals surface area contributed by atoms with Gasteiger partial charge in [-0.2, -0.15) is 5.10 Å². The zero-order chi connectivity index (χ0) is 26.4. The molecule has 0 saturated heterocycles. The summed E-state index contributed by atoms with van der Waals surface area (Å²) in [7, 11) is 0. The van der Waals surface area contributed by atoms with Crippen molar-refractivity contribution < 1.29 is 23.9 Å². The summed E-state index contributed by atoms with van der Waals surface area (Å²) < 4.78 is 12.0. The van der Waals surface area contributed by atoms with Crippen LogP contribution in [0, 0.1) is 0 Å². The molecule has 1 aliphatic rings. The Morgan fingerprint density at radius 2 is 1.76 bits per heavy atom. The predicted octanol–water partition coefficient (Wildman–Crippen LogP) is 3.23. The van der Waals surface area contributed by atoms with Crippen LogP contribution in [0.1, 0.15) is 52.9 Å². The quantitative estimate of drug-likeness (QED) is 0.426. The van der Waals surface area contributed by atoms with E-state index < -0.39 is 11.5 Å². The van der Waals surface area contributed by atoms with E-state index in [9.17, 15) is 14.4 Å². The van der Waals surface area contributed by atoms with Gasteiger partial charge in [0.05, 0.1) is 19.8 Å². The number of carbonyl (C=O) groups is 3. The number of carbonyl (C=O) groups excluding carboxylic acids is 3. The monoisotopic (exact) mass is 504 g/mol. The van der Waals surface area contributed by atoms with Crippen LogP contribution < -0.4 is 10.1 Å². The molecule has 3 aromatic rings. The van der Waals surface area contributed by atoms with Crippen LogP contribution in [0.3, 0.4) is 0 Å².